The van der Waals surface area contributed by atoms with Gasteiger partial charge in [-0.1, -0.05) is 0 Å². The van der Waals surface area contributed by atoms with Crippen LogP contribution in [0.5, 0.6) is 0 Å². The number of benzene rings is 1. The van der Waals surface area contributed by atoms with Gasteiger partial charge in [0.2, 0.25) is 0 Å². The zero-order valence-electron chi connectivity index (χ0n) is 13.6. The molecule has 0 aliphatic rings. The normalized spacial score (nSPS) is 11.9. The summed E-state index contributed by atoms with van der Waals surface area (Å²) in [5.74, 6) is 1.14. The quantitative estimate of drug-likeness (QED) is 0.498. The maximum absolute atomic E-state index is 12.4. The SMILES string of the molecule is O=S(=O)(Nc1nccs1)c1ccc(-c2ccc(/C=N/n3cnnc3)o2)cc1. The zero-order chi connectivity index (χ0) is 18.7. The van der Waals surface area contributed by atoms with Crippen LogP contribution in [0.1, 0.15) is 5.76 Å². The molecule has 9 nitrogen and oxygen atoms in total. The van der Waals surface area contributed by atoms with Crippen LogP contribution in [-0.2, 0) is 10.0 Å². The van der Waals surface area contributed by atoms with E-state index >= 15 is 0 Å². The Hall–Kier alpha value is -3.31. The molecule has 0 amide bonds. The van der Waals surface area contributed by atoms with Crippen molar-refractivity contribution in [1.82, 2.24) is 19.9 Å². The van der Waals surface area contributed by atoms with Gasteiger partial charge in [0, 0.05) is 17.1 Å². The van der Waals surface area contributed by atoms with Crippen LogP contribution in [0.3, 0.4) is 0 Å². The molecule has 0 spiro atoms. The highest BCUT2D eigenvalue weighted by atomic mass is 32.2. The van der Waals surface area contributed by atoms with Crippen LogP contribution in [0.2, 0.25) is 0 Å². The third kappa shape index (κ3) is 3.93. The Morgan fingerprint density at radius 3 is 2.59 bits per heavy atom. The van der Waals surface area contributed by atoms with Crippen molar-refractivity contribution >= 4 is 32.7 Å². The van der Waals surface area contributed by atoms with Gasteiger partial charge in [0.15, 0.2) is 5.13 Å². The van der Waals surface area contributed by atoms with E-state index in [4.69, 9.17) is 4.42 Å². The molecule has 0 saturated heterocycles. The standard InChI is InChI=1S/C16H12N6O3S2/c23-27(24,21-16-17-7-8-26-16)14-4-1-12(2-5-14)15-6-3-13(25-15)9-20-22-10-18-19-11-22/h1-11H,(H,17,21)/b20-9+. The summed E-state index contributed by atoms with van der Waals surface area (Å²) < 4.78 is 34.3. The molecule has 0 unspecified atom stereocenters. The summed E-state index contributed by atoms with van der Waals surface area (Å²) in [7, 11) is -3.68. The molecule has 3 heterocycles. The smallest absolute Gasteiger partial charge is 0.263 e. The number of aromatic nitrogens is 4. The molecule has 1 N–H and O–H groups in total. The topological polar surface area (TPSA) is 115 Å². The van der Waals surface area contributed by atoms with E-state index in [1.807, 2.05) is 0 Å². The number of anilines is 1. The first-order chi connectivity index (χ1) is 13.1. The van der Waals surface area contributed by atoms with Crippen molar-refractivity contribution in [2.45, 2.75) is 4.90 Å². The minimum absolute atomic E-state index is 0.141. The lowest BCUT2D eigenvalue weighted by Crippen LogP contribution is -2.12. The van der Waals surface area contributed by atoms with Crippen molar-refractivity contribution in [2.24, 2.45) is 5.10 Å². The van der Waals surface area contributed by atoms with Gasteiger partial charge in [0.1, 0.15) is 24.2 Å². The Bertz CT molecular complexity index is 1150. The third-order valence-electron chi connectivity index (χ3n) is 3.45. The lowest BCUT2D eigenvalue weighted by atomic mass is 10.2. The lowest BCUT2D eigenvalue weighted by molar-refractivity contribution is 0.574. The van der Waals surface area contributed by atoms with Gasteiger partial charge in [-0.15, -0.1) is 21.5 Å². The van der Waals surface area contributed by atoms with Crippen molar-refractivity contribution in [3.63, 3.8) is 0 Å². The Balaban J connectivity index is 1.51. The number of sulfonamides is 1. The maximum Gasteiger partial charge on any atom is 0.263 e. The molecule has 0 fully saturated rings. The Kier molecular flexibility index (Phi) is 4.52. The number of hydrogen-bond donors (Lipinski definition) is 1. The minimum atomic E-state index is -3.68. The first-order valence-corrected chi connectivity index (χ1v) is 9.98. The van der Waals surface area contributed by atoms with Gasteiger partial charge in [0.25, 0.3) is 10.0 Å². The molecule has 4 rings (SSSR count). The first-order valence-electron chi connectivity index (χ1n) is 7.62. The minimum Gasteiger partial charge on any atom is -0.455 e. The summed E-state index contributed by atoms with van der Waals surface area (Å²) in [5.41, 5.74) is 0.743. The van der Waals surface area contributed by atoms with Crippen molar-refractivity contribution in [1.29, 1.82) is 0 Å². The summed E-state index contributed by atoms with van der Waals surface area (Å²) in [4.78, 5) is 4.06. The molecular weight excluding hydrogens is 388 g/mol. The fourth-order valence-corrected chi connectivity index (χ4v) is 3.99. The molecule has 4 aromatic rings. The largest absolute Gasteiger partial charge is 0.455 e. The van der Waals surface area contributed by atoms with Gasteiger partial charge in [-0.2, -0.15) is 5.10 Å². The number of nitrogens with one attached hydrogen (secondary N) is 1. The van der Waals surface area contributed by atoms with Crippen LogP contribution in [0, 0.1) is 0 Å². The third-order valence-corrected chi connectivity index (χ3v) is 5.63. The number of hydrogen-bond acceptors (Lipinski definition) is 8. The van der Waals surface area contributed by atoms with E-state index in [2.05, 4.69) is 25.0 Å². The second kappa shape index (κ2) is 7.13. The molecule has 136 valence electrons. The lowest BCUT2D eigenvalue weighted by Gasteiger charge is -2.05. The second-order valence-electron chi connectivity index (χ2n) is 5.26. The summed E-state index contributed by atoms with van der Waals surface area (Å²) in [6.45, 7) is 0. The zero-order valence-corrected chi connectivity index (χ0v) is 15.3. The summed E-state index contributed by atoms with van der Waals surface area (Å²) in [6, 6.07) is 9.92. The average Bonchev–Trinajstić information content (AvgIpc) is 3.42. The molecule has 0 aliphatic heterocycles. The van der Waals surface area contributed by atoms with E-state index in [0.29, 0.717) is 16.7 Å². The van der Waals surface area contributed by atoms with Gasteiger partial charge >= 0.3 is 0 Å². The fraction of sp³-hybridized carbons (Fsp3) is 0. The van der Waals surface area contributed by atoms with Crippen LogP contribution in [0.25, 0.3) is 11.3 Å². The predicted molar refractivity (Wildman–Crippen MR) is 100 cm³/mol. The number of thiazole rings is 1. The molecule has 0 radical (unpaired) electrons. The van der Waals surface area contributed by atoms with E-state index in [0.717, 1.165) is 5.56 Å². The molecule has 0 saturated carbocycles. The molecule has 0 atom stereocenters. The highest BCUT2D eigenvalue weighted by Crippen LogP contribution is 2.24. The Morgan fingerprint density at radius 2 is 1.89 bits per heavy atom. The van der Waals surface area contributed by atoms with Gasteiger partial charge in [-0.25, -0.2) is 18.1 Å². The van der Waals surface area contributed by atoms with E-state index < -0.39 is 10.0 Å². The average molecular weight is 400 g/mol. The first kappa shape index (κ1) is 17.1. The Morgan fingerprint density at radius 1 is 1.11 bits per heavy atom. The summed E-state index contributed by atoms with van der Waals surface area (Å²) in [5, 5.41) is 13.4. The molecule has 11 heteroatoms. The van der Waals surface area contributed by atoms with Crippen LogP contribution in [0.4, 0.5) is 5.13 Å². The van der Waals surface area contributed by atoms with Crippen LogP contribution >= 0.6 is 11.3 Å². The van der Waals surface area contributed by atoms with Crippen molar-refractivity contribution in [3.8, 4) is 11.3 Å². The number of nitrogens with zero attached hydrogens (tertiary/aromatic N) is 5. The maximum atomic E-state index is 12.4. The van der Waals surface area contributed by atoms with E-state index in [1.165, 1.54) is 53.2 Å². The fourth-order valence-electron chi connectivity index (χ4n) is 2.20. The monoisotopic (exact) mass is 400 g/mol. The van der Waals surface area contributed by atoms with Crippen molar-refractivity contribution < 1.29 is 12.8 Å². The number of furan rings is 1. The summed E-state index contributed by atoms with van der Waals surface area (Å²) >= 11 is 1.21. The molecular formula is C16H12N6O3S2. The van der Waals surface area contributed by atoms with Crippen LogP contribution in [0.15, 0.2) is 75.0 Å². The van der Waals surface area contributed by atoms with Gasteiger partial charge < -0.3 is 4.42 Å². The van der Waals surface area contributed by atoms with Gasteiger partial charge in [0.05, 0.1) is 11.1 Å². The molecule has 1 aromatic carbocycles. The molecule has 0 bridgehead atoms. The Labute approximate surface area is 158 Å². The molecule has 3 aromatic heterocycles. The molecule has 0 aliphatic carbocycles. The van der Waals surface area contributed by atoms with Gasteiger partial charge in [-0.3, -0.25) is 4.72 Å². The van der Waals surface area contributed by atoms with E-state index in [1.54, 1.807) is 29.6 Å². The highest BCUT2D eigenvalue weighted by Gasteiger charge is 2.15. The highest BCUT2D eigenvalue weighted by molar-refractivity contribution is 7.93. The van der Waals surface area contributed by atoms with Crippen LogP contribution in [-0.4, -0.2) is 34.5 Å². The van der Waals surface area contributed by atoms with E-state index in [-0.39, 0.29) is 4.90 Å². The summed E-state index contributed by atoms with van der Waals surface area (Å²) in [6.07, 6.45) is 5.98. The predicted octanol–water partition coefficient (Wildman–Crippen LogP) is 2.68. The van der Waals surface area contributed by atoms with E-state index in [9.17, 15) is 8.42 Å². The number of rotatable bonds is 6. The van der Waals surface area contributed by atoms with Crippen molar-refractivity contribution in [3.05, 3.63) is 66.4 Å². The second-order valence-corrected chi connectivity index (χ2v) is 7.83. The van der Waals surface area contributed by atoms with Gasteiger partial charge in [-0.05, 0) is 36.4 Å². The van der Waals surface area contributed by atoms with Crippen LogP contribution < -0.4 is 4.72 Å². The van der Waals surface area contributed by atoms with Crippen molar-refractivity contribution in [2.75, 3.05) is 4.72 Å². The molecule has 27 heavy (non-hydrogen) atoms.